The van der Waals surface area contributed by atoms with Crippen molar-refractivity contribution < 1.29 is 4.79 Å². The van der Waals surface area contributed by atoms with Crippen molar-refractivity contribution in [1.82, 2.24) is 9.55 Å². The molecule has 1 atom stereocenters. The van der Waals surface area contributed by atoms with Gasteiger partial charge in [-0.05, 0) is 19.2 Å². The number of aliphatic imine (C=N–C) groups is 1. The maximum absolute atomic E-state index is 12.1. The zero-order valence-corrected chi connectivity index (χ0v) is 10.1. The predicted molar refractivity (Wildman–Crippen MR) is 70.4 cm³/mol. The summed E-state index contributed by atoms with van der Waals surface area (Å²) in [6.07, 6.45) is 3.13. The number of aromatic nitrogens is 2. The zero-order chi connectivity index (χ0) is 13.2. The highest BCUT2D eigenvalue weighted by Crippen LogP contribution is 2.28. The van der Waals surface area contributed by atoms with Gasteiger partial charge in [-0.15, -0.1) is 0 Å². The molecule has 0 saturated carbocycles. The second-order valence-corrected chi connectivity index (χ2v) is 4.11. The van der Waals surface area contributed by atoms with Crippen LogP contribution in [0.2, 0.25) is 0 Å². The van der Waals surface area contributed by atoms with Crippen molar-refractivity contribution in [2.75, 3.05) is 5.73 Å². The maximum atomic E-state index is 12.1. The molecule has 0 spiro atoms. The molecule has 0 aliphatic rings. The monoisotopic (exact) mass is 242 g/mol. The molecule has 2 rings (SSSR count). The van der Waals surface area contributed by atoms with Gasteiger partial charge < -0.3 is 10.3 Å². The Morgan fingerprint density at radius 1 is 1.44 bits per heavy atom. The van der Waals surface area contributed by atoms with Crippen LogP contribution in [0.25, 0.3) is 0 Å². The average Bonchev–Trinajstić information content (AvgIpc) is 2.85. The van der Waals surface area contributed by atoms with Crippen molar-refractivity contribution in [3.63, 3.8) is 0 Å². The van der Waals surface area contributed by atoms with E-state index in [1.54, 1.807) is 17.7 Å². The lowest BCUT2D eigenvalue weighted by atomic mass is 9.91. The van der Waals surface area contributed by atoms with Crippen molar-refractivity contribution in [2.45, 2.75) is 12.5 Å². The van der Waals surface area contributed by atoms with Crippen LogP contribution in [-0.2, 0) is 10.3 Å². The number of benzene rings is 1. The topological polar surface area (TPSA) is 73.3 Å². The van der Waals surface area contributed by atoms with Crippen molar-refractivity contribution in [1.29, 1.82) is 0 Å². The number of carbonyl (C=O) groups is 1. The first kappa shape index (κ1) is 12.0. The van der Waals surface area contributed by atoms with E-state index in [2.05, 4.69) is 16.7 Å². The summed E-state index contributed by atoms with van der Waals surface area (Å²) >= 11 is 0. The first-order valence-electron chi connectivity index (χ1n) is 5.45. The van der Waals surface area contributed by atoms with E-state index >= 15 is 0 Å². The van der Waals surface area contributed by atoms with Gasteiger partial charge in [-0.1, -0.05) is 30.3 Å². The van der Waals surface area contributed by atoms with Gasteiger partial charge in [0.2, 0.25) is 0 Å². The summed E-state index contributed by atoms with van der Waals surface area (Å²) in [5.41, 5.74) is 5.43. The molecule has 0 aliphatic carbocycles. The van der Waals surface area contributed by atoms with Crippen LogP contribution >= 0.6 is 0 Å². The second-order valence-electron chi connectivity index (χ2n) is 4.11. The molecule has 5 heteroatoms. The summed E-state index contributed by atoms with van der Waals surface area (Å²) in [6.45, 7) is 5.08. The minimum Gasteiger partial charge on any atom is -0.382 e. The van der Waals surface area contributed by atoms with Gasteiger partial charge in [0.1, 0.15) is 11.4 Å². The minimum atomic E-state index is -0.979. The van der Waals surface area contributed by atoms with Crippen LogP contribution < -0.4 is 5.73 Å². The average molecular weight is 242 g/mol. The molecule has 0 aliphatic heterocycles. The summed E-state index contributed by atoms with van der Waals surface area (Å²) in [6, 6.07) is 9.34. The molecule has 5 nitrogen and oxygen atoms in total. The molecule has 1 amide bonds. The minimum absolute atomic E-state index is 0.355. The van der Waals surface area contributed by atoms with E-state index in [0.29, 0.717) is 5.82 Å². The lowest BCUT2D eigenvalue weighted by Gasteiger charge is -2.27. The van der Waals surface area contributed by atoms with Gasteiger partial charge in [-0.25, -0.2) is 9.98 Å². The maximum Gasteiger partial charge on any atom is 0.275 e. The Bertz CT molecular complexity index is 576. The van der Waals surface area contributed by atoms with E-state index in [-0.39, 0.29) is 5.91 Å². The first-order valence-corrected chi connectivity index (χ1v) is 5.45. The van der Waals surface area contributed by atoms with E-state index in [1.165, 1.54) is 6.33 Å². The number of hydrogen-bond acceptors (Lipinski definition) is 3. The smallest absolute Gasteiger partial charge is 0.275 e. The fourth-order valence-corrected chi connectivity index (χ4v) is 1.88. The van der Waals surface area contributed by atoms with Crippen LogP contribution in [-0.4, -0.2) is 22.2 Å². The molecule has 1 aromatic heterocycles. The lowest BCUT2D eigenvalue weighted by molar-refractivity contribution is -0.123. The van der Waals surface area contributed by atoms with Gasteiger partial charge >= 0.3 is 0 Å². The third-order valence-electron chi connectivity index (χ3n) is 3.01. The number of carbonyl (C=O) groups excluding carboxylic acids is 1. The first-order chi connectivity index (χ1) is 8.59. The van der Waals surface area contributed by atoms with Gasteiger partial charge in [-0.2, -0.15) is 0 Å². The van der Waals surface area contributed by atoms with Crippen LogP contribution in [0.4, 0.5) is 5.82 Å². The number of nitrogens with zero attached hydrogens (tertiary/aromatic N) is 3. The van der Waals surface area contributed by atoms with Gasteiger partial charge in [0.15, 0.2) is 0 Å². The number of nitrogens with two attached hydrogens (primary N) is 1. The Balaban J connectivity index is 2.61. The van der Waals surface area contributed by atoms with Gasteiger partial charge in [0.25, 0.3) is 5.91 Å². The molecule has 0 unspecified atom stereocenters. The van der Waals surface area contributed by atoms with Crippen LogP contribution in [0, 0.1) is 0 Å². The van der Waals surface area contributed by atoms with E-state index in [1.807, 2.05) is 30.3 Å². The molecule has 18 heavy (non-hydrogen) atoms. The molecule has 2 N–H and O–H groups in total. The highest BCUT2D eigenvalue weighted by molar-refractivity contribution is 5.91. The largest absolute Gasteiger partial charge is 0.382 e. The quantitative estimate of drug-likeness (QED) is 0.828. The Hall–Kier alpha value is -2.43. The van der Waals surface area contributed by atoms with Crippen LogP contribution in [0.1, 0.15) is 12.5 Å². The van der Waals surface area contributed by atoms with Crippen LogP contribution in [0.3, 0.4) is 0 Å². The number of anilines is 1. The summed E-state index contributed by atoms with van der Waals surface area (Å²) < 4.78 is 1.65. The van der Waals surface area contributed by atoms with Crippen molar-refractivity contribution in [3.8, 4) is 0 Å². The Kier molecular flexibility index (Phi) is 2.97. The molecule has 0 bridgehead atoms. The van der Waals surface area contributed by atoms with Gasteiger partial charge in [-0.3, -0.25) is 4.79 Å². The summed E-state index contributed by atoms with van der Waals surface area (Å²) in [7, 11) is 0. The van der Waals surface area contributed by atoms with E-state index in [0.717, 1.165) is 5.56 Å². The molecule has 1 heterocycles. The zero-order valence-electron chi connectivity index (χ0n) is 10.1. The second kappa shape index (κ2) is 4.44. The van der Waals surface area contributed by atoms with Crippen molar-refractivity contribution in [3.05, 3.63) is 48.4 Å². The summed E-state index contributed by atoms with van der Waals surface area (Å²) in [5, 5.41) is 0. The highest BCUT2D eigenvalue weighted by atomic mass is 16.2. The normalized spacial score (nSPS) is 13.8. The number of amides is 1. The van der Waals surface area contributed by atoms with Gasteiger partial charge in [0, 0.05) is 6.20 Å². The van der Waals surface area contributed by atoms with Crippen molar-refractivity contribution in [2.24, 2.45) is 4.99 Å². The molecule has 1 aromatic carbocycles. The summed E-state index contributed by atoms with van der Waals surface area (Å²) in [4.78, 5) is 19.6. The fraction of sp³-hybridized carbons (Fsp3) is 0.154. The number of imidazole rings is 1. The number of rotatable bonds is 3. The Morgan fingerprint density at radius 2 is 2.11 bits per heavy atom. The molecule has 0 fully saturated rings. The molecular weight excluding hydrogens is 228 g/mol. The third kappa shape index (κ3) is 1.79. The van der Waals surface area contributed by atoms with E-state index < -0.39 is 5.54 Å². The fourth-order valence-electron chi connectivity index (χ4n) is 1.88. The van der Waals surface area contributed by atoms with E-state index in [4.69, 9.17) is 5.73 Å². The number of hydrogen-bond donors (Lipinski definition) is 1. The lowest BCUT2D eigenvalue weighted by Crippen LogP contribution is -2.38. The predicted octanol–water partition coefficient (Wildman–Crippen LogP) is 1.46. The molecule has 0 radical (unpaired) electrons. The third-order valence-corrected chi connectivity index (χ3v) is 3.01. The molecule has 2 aromatic rings. The number of nitrogen functional groups attached to an aromatic ring is 1. The van der Waals surface area contributed by atoms with Crippen molar-refractivity contribution >= 4 is 18.4 Å². The standard InChI is InChI=1S/C13H14N4O/c1-13(12(18)15-2,10-6-4-3-5-7-10)17-8-11(14)16-9-17/h3-9H,2,14H2,1H3/t13-/m1/s1. The van der Waals surface area contributed by atoms with Gasteiger partial charge in [0.05, 0.1) is 6.33 Å². The molecule has 92 valence electrons. The van der Waals surface area contributed by atoms with E-state index in [9.17, 15) is 4.79 Å². The Labute approximate surface area is 105 Å². The SMILES string of the molecule is C=NC(=O)[C@@](C)(c1ccccc1)n1cnc(N)c1. The molecular formula is C13H14N4O. The highest BCUT2D eigenvalue weighted by Gasteiger charge is 2.36. The molecule has 0 saturated heterocycles. The van der Waals surface area contributed by atoms with Crippen LogP contribution in [0.15, 0.2) is 47.8 Å². The Morgan fingerprint density at radius 3 is 2.61 bits per heavy atom. The van der Waals surface area contributed by atoms with Crippen LogP contribution in [0.5, 0.6) is 0 Å². The summed E-state index contributed by atoms with van der Waals surface area (Å²) in [5.74, 6) is 0.000110.